The van der Waals surface area contributed by atoms with E-state index in [1.165, 1.54) is 12.8 Å². The van der Waals surface area contributed by atoms with Gasteiger partial charge in [-0.2, -0.15) is 0 Å². The molecule has 1 saturated carbocycles. The molecule has 0 aliphatic heterocycles. The summed E-state index contributed by atoms with van der Waals surface area (Å²) in [7, 11) is 0. The zero-order valence-corrected chi connectivity index (χ0v) is 12.0. The van der Waals surface area contributed by atoms with Crippen molar-refractivity contribution < 1.29 is 0 Å². The van der Waals surface area contributed by atoms with E-state index >= 15 is 0 Å². The predicted octanol–water partition coefficient (Wildman–Crippen LogP) is 3.49. The first-order valence-corrected chi connectivity index (χ1v) is 7.15. The van der Waals surface area contributed by atoms with E-state index in [0.717, 1.165) is 17.8 Å². The van der Waals surface area contributed by atoms with Gasteiger partial charge in [0.05, 0.1) is 28.6 Å². The lowest BCUT2D eigenvalue weighted by Gasteiger charge is -2.06. The molecular weight excluding hydrogens is 281 g/mol. The summed E-state index contributed by atoms with van der Waals surface area (Å²) >= 11 is 12.2. The fourth-order valence-corrected chi connectivity index (χ4v) is 2.37. The van der Waals surface area contributed by atoms with Gasteiger partial charge in [-0.15, -0.1) is 0 Å². The van der Waals surface area contributed by atoms with Crippen molar-refractivity contribution >= 4 is 23.2 Å². The monoisotopic (exact) mass is 295 g/mol. The van der Waals surface area contributed by atoms with E-state index in [0.29, 0.717) is 22.6 Å². The molecule has 0 saturated heterocycles. The highest BCUT2D eigenvalue weighted by Crippen LogP contribution is 2.26. The molecule has 2 aromatic rings. The smallest absolute Gasteiger partial charge is 0.0953 e. The zero-order chi connectivity index (χ0) is 13.2. The Bertz CT molecular complexity index is 576. The summed E-state index contributed by atoms with van der Waals surface area (Å²) in [5, 5.41) is 4.66. The number of nitrogens with one attached hydrogen (secondary N) is 1. The van der Waals surface area contributed by atoms with Crippen LogP contribution in [0, 0.1) is 0 Å². The number of imidazole rings is 1. The van der Waals surface area contributed by atoms with Crippen molar-refractivity contribution in [3.05, 3.63) is 52.0 Å². The molecule has 0 amide bonds. The van der Waals surface area contributed by atoms with Crippen LogP contribution in [-0.2, 0) is 13.1 Å². The number of benzene rings is 1. The van der Waals surface area contributed by atoms with E-state index in [1.807, 2.05) is 29.2 Å². The maximum atomic E-state index is 6.18. The number of aromatic nitrogens is 2. The normalized spacial score (nSPS) is 14.8. The van der Waals surface area contributed by atoms with Crippen LogP contribution in [0.2, 0.25) is 10.0 Å². The van der Waals surface area contributed by atoms with E-state index in [1.54, 1.807) is 6.07 Å². The Labute approximate surface area is 122 Å². The third-order valence-electron chi connectivity index (χ3n) is 3.22. The van der Waals surface area contributed by atoms with E-state index < -0.39 is 0 Å². The lowest BCUT2D eigenvalue weighted by Crippen LogP contribution is -2.15. The average Bonchev–Trinajstić information content (AvgIpc) is 3.13. The molecule has 1 aliphatic carbocycles. The lowest BCUT2D eigenvalue weighted by molar-refractivity contribution is 0.676. The van der Waals surface area contributed by atoms with E-state index in [2.05, 4.69) is 10.3 Å². The molecule has 1 N–H and O–H groups in total. The minimum Gasteiger partial charge on any atom is -0.333 e. The van der Waals surface area contributed by atoms with Gasteiger partial charge in [0.25, 0.3) is 0 Å². The van der Waals surface area contributed by atoms with Crippen LogP contribution in [0.15, 0.2) is 30.7 Å². The molecule has 3 rings (SSSR count). The van der Waals surface area contributed by atoms with Gasteiger partial charge in [-0.3, -0.25) is 0 Å². The van der Waals surface area contributed by atoms with E-state index in [9.17, 15) is 0 Å². The van der Waals surface area contributed by atoms with Crippen LogP contribution >= 0.6 is 23.2 Å². The van der Waals surface area contributed by atoms with Crippen molar-refractivity contribution in [1.29, 1.82) is 0 Å². The standard InChI is InChI=1S/C14H15Cl2N3/c15-13-3-1-2-10(14(13)16)7-19-8-12(18-9-19)6-17-11-4-5-11/h1-3,8-9,11,17H,4-7H2. The Morgan fingerprint density at radius 2 is 2.16 bits per heavy atom. The quantitative estimate of drug-likeness (QED) is 0.915. The highest BCUT2D eigenvalue weighted by molar-refractivity contribution is 6.42. The van der Waals surface area contributed by atoms with Gasteiger partial charge < -0.3 is 9.88 Å². The Morgan fingerprint density at radius 3 is 2.95 bits per heavy atom. The van der Waals surface area contributed by atoms with Crippen LogP contribution in [0.5, 0.6) is 0 Å². The lowest BCUT2D eigenvalue weighted by atomic mass is 10.2. The summed E-state index contributed by atoms with van der Waals surface area (Å²) in [4.78, 5) is 4.39. The molecule has 19 heavy (non-hydrogen) atoms. The predicted molar refractivity (Wildman–Crippen MR) is 77.7 cm³/mol. The van der Waals surface area contributed by atoms with Gasteiger partial charge in [0.1, 0.15) is 0 Å². The van der Waals surface area contributed by atoms with Crippen molar-refractivity contribution in [3.8, 4) is 0 Å². The molecule has 1 aliphatic rings. The molecule has 0 radical (unpaired) electrons. The first-order chi connectivity index (χ1) is 9.22. The van der Waals surface area contributed by atoms with Gasteiger partial charge in [0.2, 0.25) is 0 Å². The maximum Gasteiger partial charge on any atom is 0.0953 e. The summed E-state index contributed by atoms with van der Waals surface area (Å²) in [5.74, 6) is 0. The fourth-order valence-electron chi connectivity index (χ4n) is 1.99. The third-order valence-corrected chi connectivity index (χ3v) is 4.08. The highest BCUT2D eigenvalue weighted by Gasteiger charge is 2.20. The van der Waals surface area contributed by atoms with Crippen molar-refractivity contribution in [1.82, 2.24) is 14.9 Å². The molecule has 1 fully saturated rings. The van der Waals surface area contributed by atoms with Gasteiger partial charge in [-0.05, 0) is 24.5 Å². The van der Waals surface area contributed by atoms with Gasteiger partial charge in [0.15, 0.2) is 0 Å². The third kappa shape index (κ3) is 3.30. The number of nitrogens with zero attached hydrogens (tertiary/aromatic N) is 2. The number of halogens is 2. The second-order valence-corrected chi connectivity index (χ2v) is 5.69. The Kier molecular flexibility index (Phi) is 3.78. The molecule has 1 aromatic heterocycles. The molecule has 0 unspecified atom stereocenters. The second-order valence-electron chi connectivity index (χ2n) is 4.91. The van der Waals surface area contributed by atoms with Crippen molar-refractivity contribution in [3.63, 3.8) is 0 Å². The van der Waals surface area contributed by atoms with Crippen LogP contribution in [0.4, 0.5) is 0 Å². The van der Waals surface area contributed by atoms with Crippen LogP contribution < -0.4 is 5.32 Å². The molecule has 3 nitrogen and oxygen atoms in total. The molecule has 0 atom stereocenters. The number of rotatable bonds is 5. The topological polar surface area (TPSA) is 29.9 Å². The Morgan fingerprint density at radius 1 is 1.32 bits per heavy atom. The average molecular weight is 296 g/mol. The highest BCUT2D eigenvalue weighted by atomic mass is 35.5. The molecule has 100 valence electrons. The maximum absolute atomic E-state index is 6.18. The van der Waals surface area contributed by atoms with Gasteiger partial charge >= 0.3 is 0 Å². The van der Waals surface area contributed by atoms with E-state index in [4.69, 9.17) is 23.2 Å². The number of hydrogen-bond acceptors (Lipinski definition) is 2. The van der Waals surface area contributed by atoms with Gasteiger partial charge in [-0.1, -0.05) is 35.3 Å². The molecule has 1 heterocycles. The van der Waals surface area contributed by atoms with Crippen molar-refractivity contribution in [2.75, 3.05) is 0 Å². The summed E-state index contributed by atoms with van der Waals surface area (Å²) in [6.45, 7) is 1.52. The molecule has 1 aromatic carbocycles. The minimum absolute atomic E-state index is 0.593. The van der Waals surface area contributed by atoms with Crippen LogP contribution in [0.1, 0.15) is 24.1 Å². The summed E-state index contributed by atoms with van der Waals surface area (Å²) in [6.07, 6.45) is 6.46. The largest absolute Gasteiger partial charge is 0.333 e. The fraction of sp³-hybridized carbons (Fsp3) is 0.357. The Balaban J connectivity index is 1.67. The van der Waals surface area contributed by atoms with Gasteiger partial charge in [0, 0.05) is 18.8 Å². The van der Waals surface area contributed by atoms with Gasteiger partial charge in [-0.25, -0.2) is 4.98 Å². The molecule has 0 spiro atoms. The van der Waals surface area contributed by atoms with Crippen LogP contribution in [-0.4, -0.2) is 15.6 Å². The first-order valence-electron chi connectivity index (χ1n) is 6.39. The first kappa shape index (κ1) is 13.0. The zero-order valence-electron chi connectivity index (χ0n) is 10.4. The summed E-state index contributed by atoms with van der Waals surface area (Å²) < 4.78 is 2.03. The SMILES string of the molecule is Clc1cccc(Cn2cnc(CNC3CC3)c2)c1Cl. The Hall–Kier alpha value is -1.03. The summed E-state index contributed by atoms with van der Waals surface area (Å²) in [6, 6.07) is 6.39. The van der Waals surface area contributed by atoms with Crippen molar-refractivity contribution in [2.45, 2.75) is 32.0 Å². The van der Waals surface area contributed by atoms with Crippen molar-refractivity contribution in [2.24, 2.45) is 0 Å². The molecular formula is C14H15Cl2N3. The second kappa shape index (κ2) is 5.53. The number of hydrogen-bond donors (Lipinski definition) is 1. The molecule has 0 bridgehead atoms. The molecule has 5 heteroatoms. The van der Waals surface area contributed by atoms with Crippen LogP contribution in [0.3, 0.4) is 0 Å². The van der Waals surface area contributed by atoms with E-state index in [-0.39, 0.29) is 0 Å². The summed E-state index contributed by atoms with van der Waals surface area (Å²) in [5.41, 5.74) is 2.07. The minimum atomic E-state index is 0.593. The van der Waals surface area contributed by atoms with Crippen LogP contribution in [0.25, 0.3) is 0 Å².